The predicted molar refractivity (Wildman–Crippen MR) is 80.5 cm³/mol. The topological polar surface area (TPSA) is 71.2 Å². The molecule has 6 heteroatoms. The van der Waals surface area contributed by atoms with Crippen molar-refractivity contribution in [1.82, 2.24) is 10.3 Å². The van der Waals surface area contributed by atoms with Crippen molar-refractivity contribution in [3.63, 3.8) is 0 Å². The molecule has 0 aliphatic heterocycles. The fourth-order valence-electron chi connectivity index (χ4n) is 1.23. The van der Waals surface area contributed by atoms with Crippen molar-refractivity contribution in [1.29, 1.82) is 0 Å². The molecule has 1 rings (SSSR count). The van der Waals surface area contributed by atoms with E-state index in [1.807, 2.05) is 0 Å². The summed E-state index contributed by atoms with van der Waals surface area (Å²) in [7, 11) is 0. The van der Waals surface area contributed by atoms with Gasteiger partial charge in [-0.3, -0.25) is 0 Å². The normalized spacial score (nSPS) is 12.2. The van der Waals surface area contributed by atoms with Crippen molar-refractivity contribution in [2.24, 2.45) is 0 Å². The third-order valence-electron chi connectivity index (χ3n) is 2.85. The van der Waals surface area contributed by atoms with Gasteiger partial charge in [-0.1, -0.05) is 13.0 Å². The van der Waals surface area contributed by atoms with E-state index >= 15 is 0 Å². The molecule has 0 aromatic carbocycles. The minimum absolute atomic E-state index is 0. The highest BCUT2D eigenvalue weighted by atomic mass is 35.5. The number of aliphatic hydroxyl groups excluding tert-OH is 1. The lowest BCUT2D eigenvalue weighted by atomic mass is 10.0. The van der Waals surface area contributed by atoms with Gasteiger partial charge in [-0.15, -0.1) is 24.8 Å². The first kappa shape index (κ1) is 19.8. The maximum absolute atomic E-state index is 9.93. The molecule has 4 nitrogen and oxygen atoms in total. The molecule has 1 unspecified atom stereocenters. The largest absolute Gasteiger partial charge is 0.387 e. The number of nitrogen functional groups attached to an aromatic ring is 1. The van der Waals surface area contributed by atoms with E-state index in [9.17, 15) is 5.11 Å². The maximum atomic E-state index is 9.93. The van der Waals surface area contributed by atoms with Gasteiger partial charge in [-0.2, -0.15) is 0 Å². The third-order valence-corrected chi connectivity index (χ3v) is 2.85. The number of pyridine rings is 1. The van der Waals surface area contributed by atoms with Crippen LogP contribution < -0.4 is 11.1 Å². The molecular formula is C12H23Cl2N3O. The molecule has 0 saturated carbocycles. The Balaban J connectivity index is 0. The number of aromatic nitrogens is 1. The summed E-state index contributed by atoms with van der Waals surface area (Å²) in [6.07, 6.45) is 2.08. The zero-order chi connectivity index (χ0) is 12.2. The maximum Gasteiger partial charge on any atom is 0.123 e. The minimum atomic E-state index is -0.543. The highest BCUT2D eigenvalue weighted by Gasteiger charge is 2.16. The van der Waals surface area contributed by atoms with Crippen molar-refractivity contribution < 1.29 is 5.11 Å². The number of hydrogen-bond donors (Lipinski definition) is 3. The van der Waals surface area contributed by atoms with Crippen LogP contribution in [-0.4, -0.2) is 22.2 Å². The average Bonchev–Trinajstić information content (AvgIpc) is 2.27. The summed E-state index contributed by atoms with van der Waals surface area (Å²) in [4.78, 5) is 3.95. The van der Waals surface area contributed by atoms with Crippen LogP contribution in [0.2, 0.25) is 0 Å². The predicted octanol–water partition coefficient (Wildman–Crippen LogP) is 2.32. The van der Waals surface area contributed by atoms with Crippen molar-refractivity contribution in [2.45, 2.75) is 38.8 Å². The Morgan fingerprint density at radius 1 is 1.39 bits per heavy atom. The van der Waals surface area contributed by atoms with Crippen molar-refractivity contribution in [3.05, 3.63) is 23.9 Å². The number of hydrogen-bond acceptors (Lipinski definition) is 4. The van der Waals surface area contributed by atoms with E-state index in [1.54, 1.807) is 18.3 Å². The summed E-state index contributed by atoms with van der Waals surface area (Å²) in [6, 6.07) is 3.50. The van der Waals surface area contributed by atoms with Crippen LogP contribution in [0.5, 0.6) is 0 Å². The molecular weight excluding hydrogens is 273 g/mol. The van der Waals surface area contributed by atoms with Gasteiger partial charge in [0, 0.05) is 23.8 Å². The Morgan fingerprint density at radius 2 is 2.00 bits per heavy atom. The number of aliphatic hydroxyl groups is 1. The summed E-state index contributed by atoms with van der Waals surface area (Å²) in [5.41, 5.74) is 6.31. The molecule has 0 fully saturated rings. The molecule has 106 valence electrons. The first-order chi connectivity index (χ1) is 7.44. The van der Waals surface area contributed by atoms with Crippen molar-refractivity contribution in [3.8, 4) is 0 Å². The van der Waals surface area contributed by atoms with Crippen LogP contribution in [0.1, 0.15) is 38.9 Å². The summed E-state index contributed by atoms with van der Waals surface area (Å²) in [5.74, 6) is 0.470. The number of halogens is 2. The molecule has 0 radical (unpaired) electrons. The zero-order valence-corrected chi connectivity index (χ0v) is 12.6. The molecule has 1 aromatic rings. The van der Waals surface area contributed by atoms with Crippen molar-refractivity contribution in [2.75, 3.05) is 12.3 Å². The minimum Gasteiger partial charge on any atom is -0.387 e. The van der Waals surface area contributed by atoms with E-state index in [-0.39, 0.29) is 30.4 Å². The van der Waals surface area contributed by atoms with Crippen LogP contribution in [0.3, 0.4) is 0 Å². The Bertz CT molecular complexity index is 331. The third kappa shape index (κ3) is 6.40. The highest BCUT2D eigenvalue weighted by molar-refractivity contribution is 5.85. The van der Waals surface area contributed by atoms with Crippen LogP contribution in [0.15, 0.2) is 18.3 Å². The first-order valence-corrected chi connectivity index (χ1v) is 5.59. The van der Waals surface area contributed by atoms with Gasteiger partial charge in [0.2, 0.25) is 0 Å². The molecule has 0 aliphatic carbocycles. The van der Waals surface area contributed by atoms with Gasteiger partial charge in [0.1, 0.15) is 5.82 Å². The second-order valence-electron chi connectivity index (χ2n) is 4.65. The van der Waals surface area contributed by atoms with Gasteiger partial charge in [-0.25, -0.2) is 4.98 Å². The molecule has 1 atom stereocenters. The average molecular weight is 296 g/mol. The quantitative estimate of drug-likeness (QED) is 0.780. The number of nitrogens with one attached hydrogen (secondary N) is 1. The summed E-state index contributed by atoms with van der Waals surface area (Å²) in [5, 5.41) is 13.2. The van der Waals surface area contributed by atoms with Crippen LogP contribution in [0.25, 0.3) is 0 Å². The summed E-state index contributed by atoms with van der Waals surface area (Å²) < 4.78 is 0. The molecule has 0 saturated heterocycles. The zero-order valence-electron chi connectivity index (χ0n) is 11.0. The van der Waals surface area contributed by atoms with Gasteiger partial charge in [0.05, 0.1) is 6.10 Å². The van der Waals surface area contributed by atoms with Gasteiger partial charge in [-0.05, 0) is 26.3 Å². The van der Waals surface area contributed by atoms with Gasteiger partial charge in [0.25, 0.3) is 0 Å². The lowest BCUT2D eigenvalue weighted by Crippen LogP contribution is -2.40. The van der Waals surface area contributed by atoms with E-state index < -0.39 is 6.10 Å². The number of β-amino-alcohol motifs (C(OH)–C–C–N with tert-alkyl or cyclic N) is 1. The second kappa shape index (κ2) is 8.53. The SMILES string of the molecule is CCC(C)(C)NCC(O)c1ccc(N)nc1.Cl.Cl. The van der Waals surface area contributed by atoms with Crippen molar-refractivity contribution >= 4 is 30.6 Å². The fourth-order valence-corrected chi connectivity index (χ4v) is 1.23. The summed E-state index contributed by atoms with van der Waals surface area (Å²) >= 11 is 0. The first-order valence-electron chi connectivity index (χ1n) is 5.59. The number of rotatable bonds is 5. The molecule has 0 aliphatic rings. The van der Waals surface area contributed by atoms with E-state index in [4.69, 9.17) is 5.73 Å². The monoisotopic (exact) mass is 295 g/mol. The van der Waals surface area contributed by atoms with Crippen LogP contribution >= 0.6 is 24.8 Å². The number of anilines is 1. The molecule has 1 aromatic heterocycles. The van der Waals surface area contributed by atoms with Crippen LogP contribution in [-0.2, 0) is 0 Å². The van der Waals surface area contributed by atoms with E-state index in [0.29, 0.717) is 12.4 Å². The fraction of sp³-hybridized carbons (Fsp3) is 0.583. The van der Waals surface area contributed by atoms with Gasteiger partial charge in [0.15, 0.2) is 0 Å². The second-order valence-corrected chi connectivity index (χ2v) is 4.65. The van der Waals surface area contributed by atoms with Gasteiger partial charge >= 0.3 is 0 Å². The lowest BCUT2D eigenvalue weighted by Gasteiger charge is -2.26. The van der Waals surface area contributed by atoms with E-state index in [0.717, 1.165) is 12.0 Å². The van der Waals surface area contributed by atoms with E-state index in [1.165, 1.54) is 0 Å². The van der Waals surface area contributed by atoms with Crippen LogP contribution in [0.4, 0.5) is 5.82 Å². The Morgan fingerprint density at radius 3 is 2.44 bits per heavy atom. The molecule has 4 N–H and O–H groups in total. The highest BCUT2D eigenvalue weighted by Crippen LogP contribution is 2.14. The molecule has 18 heavy (non-hydrogen) atoms. The Kier molecular flexibility index (Phi) is 9.38. The lowest BCUT2D eigenvalue weighted by molar-refractivity contribution is 0.160. The molecule has 0 bridgehead atoms. The van der Waals surface area contributed by atoms with Crippen LogP contribution in [0, 0.1) is 0 Å². The standard InChI is InChI=1S/C12H21N3O.2ClH/c1-4-12(2,3)15-8-10(16)9-5-6-11(13)14-7-9;;/h5-7,10,15-16H,4,8H2,1-3H3,(H2,13,14);2*1H. The van der Waals surface area contributed by atoms with E-state index in [2.05, 4.69) is 31.1 Å². The Hall–Kier alpha value is -0.550. The summed E-state index contributed by atoms with van der Waals surface area (Å²) in [6.45, 7) is 6.86. The molecule has 0 amide bonds. The number of nitrogens with two attached hydrogens (primary N) is 1. The molecule has 0 spiro atoms. The molecule has 1 heterocycles. The van der Waals surface area contributed by atoms with Gasteiger partial charge < -0.3 is 16.2 Å². The Labute approximate surface area is 121 Å². The number of nitrogens with zero attached hydrogens (tertiary/aromatic N) is 1. The smallest absolute Gasteiger partial charge is 0.123 e.